The maximum atomic E-state index is 12.1. The predicted molar refractivity (Wildman–Crippen MR) is 80.4 cm³/mol. The third kappa shape index (κ3) is 5.53. The Bertz CT molecular complexity index is 646. The van der Waals surface area contributed by atoms with Crippen LogP contribution in [0.3, 0.4) is 0 Å². The molecule has 0 fully saturated rings. The Labute approximate surface area is 134 Å². The van der Waals surface area contributed by atoms with Gasteiger partial charge in [0.25, 0.3) is 10.1 Å². The topological polar surface area (TPSA) is 78.9 Å². The summed E-state index contributed by atoms with van der Waals surface area (Å²) in [6.45, 7) is 3.27. The molecule has 120 valence electrons. The van der Waals surface area contributed by atoms with Crippen molar-refractivity contribution in [1.82, 2.24) is 0 Å². The first-order valence-electron chi connectivity index (χ1n) is 5.77. The van der Waals surface area contributed by atoms with Gasteiger partial charge in [-0.15, -0.1) is 0 Å². The molecule has 0 amide bonds. The fraction of sp³-hybridized carbons (Fsp3) is 0.455. The molecule has 0 saturated carbocycles. The Kier molecular flexibility index (Phi) is 6.68. The number of benzene rings is 1. The average Bonchev–Trinajstić information content (AvgIpc) is 2.38. The molecule has 10 heteroatoms. The number of rotatable bonds is 7. The molecule has 6 nitrogen and oxygen atoms in total. The van der Waals surface area contributed by atoms with Crippen molar-refractivity contribution in [2.75, 3.05) is 13.5 Å². The quantitative estimate of drug-likeness (QED) is 0.529. The zero-order valence-corrected chi connectivity index (χ0v) is 14.8. The summed E-state index contributed by atoms with van der Waals surface area (Å²) in [5, 5.41) is 0.117. The van der Waals surface area contributed by atoms with E-state index in [0.717, 1.165) is 13.2 Å². The van der Waals surface area contributed by atoms with Gasteiger partial charge in [0, 0.05) is 12.1 Å². The Morgan fingerprint density at radius 2 is 1.90 bits per heavy atom. The van der Waals surface area contributed by atoms with Gasteiger partial charge >= 0.3 is 7.60 Å². The Balaban J connectivity index is 2.96. The fourth-order valence-electron chi connectivity index (χ4n) is 1.31. The molecule has 1 aromatic carbocycles. The minimum Gasteiger partial charge on any atom is -0.310 e. The molecule has 0 aliphatic carbocycles. The molecule has 1 rings (SSSR count). The third-order valence-corrected chi connectivity index (χ3v) is 6.08. The van der Waals surface area contributed by atoms with Crippen LogP contribution < -0.4 is 0 Å². The van der Waals surface area contributed by atoms with Crippen molar-refractivity contribution in [2.24, 2.45) is 0 Å². The third-order valence-electron chi connectivity index (χ3n) is 2.18. The van der Waals surface area contributed by atoms with Gasteiger partial charge in [-0.3, -0.25) is 8.75 Å². The van der Waals surface area contributed by atoms with Crippen molar-refractivity contribution >= 4 is 40.9 Å². The summed E-state index contributed by atoms with van der Waals surface area (Å²) in [6.07, 6.45) is -1.18. The number of halogens is 2. The molecule has 0 aliphatic rings. The first kappa shape index (κ1) is 18.9. The lowest BCUT2D eigenvalue weighted by molar-refractivity contribution is 0.171. The van der Waals surface area contributed by atoms with E-state index in [1.165, 1.54) is 12.1 Å². The van der Waals surface area contributed by atoms with Gasteiger partial charge in [-0.1, -0.05) is 23.2 Å². The van der Waals surface area contributed by atoms with Gasteiger partial charge < -0.3 is 9.05 Å². The molecular formula is C11H15Cl2O6PS. The lowest BCUT2D eigenvalue weighted by Crippen LogP contribution is -2.12. The molecule has 0 aliphatic heterocycles. The summed E-state index contributed by atoms with van der Waals surface area (Å²) in [7, 11) is -6.77. The summed E-state index contributed by atoms with van der Waals surface area (Å²) in [5.41, 5.74) is 0. The van der Waals surface area contributed by atoms with Crippen LogP contribution >= 0.6 is 30.8 Å². The van der Waals surface area contributed by atoms with Crippen LogP contribution in [0.4, 0.5) is 0 Å². The van der Waals surface area contributed by atoms with Gasteiger partial charge in [-0.05, 0) is 32.0 Å². The predicted octanol–water partition coefficient (Wildman–Crippen LogP) is 3.92. The molecule has 0 bridgehead atoms. The number of hydrogen-bond acceptors (Lipinski definition) is 6. The van der Waals surface area contributed by atoms with Gasteiger partial charge in [0.1, 0.15) is 4.90 Å². The number of hydrogen-bond donors (Lipinski definition) is 0. The average molecular weight is 377 g/mol. The Morgan fingerprint density at radius 3 is 2.43 bits per heavy atom. The molecule has 0 radical (unpaired) electrons. The second kappa shape index (κ2) is 7.42. The maximum Gasteiger partial charge on any atom is 0.357 e. The molecule has 0 saturated heterocycles. The van der Waals surface area contributed by atoms with Crippen molar-refractivity contribution in [3.8, 4) is 0 Å². The van der Waals surface area contributed by atoms with Crippen molar-refractivity contribution in [3.05, 3.63) is 28.2 Å². The normalized spacial score (nSPS) is 15.1. The van der Waals surface area contributed by atoms with Gasteiger partial charge in [0.15, 0.2) is 6.35 Å². The van der Waals surface area contributed by atoms with Gasteiger partial charge in [0.05, 0.1) is 11.1 Å². The summed E-state index contributed by atoms with van der Waals surface area (Å²) in [5.74, 6) is 0. The van der Waals surface area contributed by atoms with Crippen molar-refractivity contribution in [3.63, 3.8) is 0 Å². The molecule has 1 unspecified atom stereocenters. The summed E-state index contributed by atoms with van der Waals surface area (Å²) in [4.78, 5) is -0.316. The highest BCUT2D eigenvalue weighted by Crippen LogP contribution is 2.49. The van der Waals surface area contributed by atoms with E-state index in [4.69, 9.17) is 36.4 Å². The van der Waals surface area contributed by atoms with Gasteiger partial charge in [0.2, 0.25) is 0 Å². The molecular weight excluding hydrogens is 362 g/mol. The van der Waals surface area contributed by atoms with Crippen molar-refractivity contribution < 1.29 is 26.2 Å². The first-order valence-corrected chi connectivity index (χ1v) is 9.66. The van der Waals surface area contributed by atoms with Crippen LogP contribution in [-0.2, 0) is 27.9 Å². The highest BCUT2D eigenvalue weighted by atomic mass is 35.5. The van der Waals surface area contributed by atoms with E-state index in [1.807, 2.05) is 0 Å². The minimum absolute atomic E-state index is 0.0589. The first-order chi connectivity index (χ1) is 9.59. The Morgan fingerprint density at radius 1 is 1.29 bits per heavy atom. The van der Waals surface area contributed by atoms with Crippen LogP contribution in [0.15, 0.2) is 23.1 Å². The molecule has 1 aromatic rings. The van der Waals surface area contributed by atoms with Crippen molar-refractivity contribution in [2.45, 2.75) is 24.8 Å². The second-order valence-electron chi connectivity index (χ2n) is 4.22. The summed E-state index contributed by atoms with van der Waals surface area (Å²) < 4.78 is 50.7. The maximum absolute atomic E-state index is 12.1. The SMILES string of the molecule is COP(=O)(COS(=O)(=O)c1cc(Cl)ccc1Cl)OC(C)C. The van der Waals surface area contributed by atoms with Gasteiger partial charge in [-0.2, -0.15) is 8.42 Å². The smallest absolute Gasteiger partial charge is 0.310 e. The molecule has 1 atom stereocenters. The molecule has 0 heterocycles. The van der Waals surface area contributed by atoms with E-state index >= 15 is 0 Å². The van der Waals surface area contributed by atoms with E-state index < -0.39 is 30.2 Å². The van der Waals surface area contributed by atoms with Crippen LogP contribution in [0.1, 0.15) is 13.8 Å². The standard InChI is InChI=1S/C11H15Cl2O6PS/c1-8(2)19-20(14,17-3)7-18-21(15,16)11-6-9(12)4-5-10(11)13/h4-6,8H,7H2,1-3H3. The largest absolute Gasteiger partial charge is 0.357 e. The van der Waals surface area contributed by atoms with Crippen LogP contribution in [0, 0.1) is 0 Å². The molecule has 0 spiro atoms. The monoisotopic (exact) mass is 376 g/mol. The van der Waals surface area contributed by atoms with E-state index in [9.17, 15) is 13.0 Å². The van der Waals surface area contributed by atoms with Crippen LogP contribution in [0.2, 0.25) is 10.0 Å². The van der Waals surface area contributed by atoms with Crippen molar-refractivity contribution in [1.29, 1.82) is 0 Å². The molecule has 0 aromatic heterocycles. The second-order valence-corrected chi connectivity index (χ2v) is 8.71. The van der Waals surface area contributed by atoms with Crippen LogP contribution in [-0.4, -0.2) is 28.0 Å². The van der Waals surface area contributed by atoms with E-state index in [-0.39, 0.29) is 14.9 Å². The molecule has 21 heavy (non-hydrogen) atoms. The lowest BCUT2D eigenvalue weighted by atomic mass is 10.4. The summed E-state index contributed by atoms with van der Waals surface area (Å²) in [6, 6.07) is 3.89. The fourth-order valence-corrected chi connectivity index (χ4v) is 4.62. The van der Waals surface area contributed by atoms with Gasteiger partial charge in [-0.25, -0.2) is 0 Å². The van der Waals surface area contributed by atoms with Crippen LogP contribution in [0.25, 0.3) is 0 Å². The lowest BCUT2D eigenvalue weighted by Gasteiger charge is -2.18. The van der Waals surface area contributed by atoms with E-state index in [0.29, 0.717) is 0 Å². The highest BCUT2D eigenvalue weighted by Gasteiger charge is 2.30. The highest BCUT2D eigenvalue weighted by molar-refractivity contribution is 7.87. The Hall–Kier alpha value is -0.140. The zero-order chi connectivity index (χ0) is 16.3. The van der Waals surface area contributed by atoms with E-state index in [2.05, 4.69) is 0 Å². The van der Waals surface area contributed by atoms with E-state index in [1.54, 1.807) is 13.8 Å². The molecule has 0 N–H and O–H groups in total. The van der Waals surface area contributed by atoms with Crippen LogP contribution in [0.5, 0.6) is 0 Å². The summed E-state index contributed by atoms with van der Waals surface area (Å²) >= 11 is 11.5. The zero-order valence-electron chi connectivity index (χ0n) is 11.6. The minimum atomic E-state index is -4.24.